The molecule has 4 rings (SSSR count). The summed E-state index contributed by atoms with van der Waals surface area (Å²) in [5.74, 6) is 1.20. The second-order valence-corrected chi connectivity index (χ2v) is 6.57. The average molecular weight is 379 g/mol. The minimum absolute atomic E-state index is 0.0419. The van der Waals surface area contributed by atoms with Crippen LogP contribution in [0.4, 0.5) is 5.69 Å². The molecule has 0 fully saturated rings. The summed E-state index contributed by atoms with van der Waals surface area (Å²) < 4.78 is 7.15. The summed E-state index contributed by atoms with van der Waals surface area (Å²) in [6.45, 7) is 0. The highest BCUT2D eigenvalue weighted by molar-refractivity contribution is 7.99. The molecule has 9 heteroatoms. The normalized spacial score (nSPS) is 10.9. The van der Waals surface area contributed by atoms with Crippen molar-refractivity contribution >= 4 is 17.4 Å². The number of hydrogen-bond donors (Lipinski definition) is 0. The number of nitro groups is 1. The fourth-order valence-corrected chi connectivity index (χ4v) is 3.33. The van der Waals surface area contributed by atoms with Gasteiger partial charge in [0.05, 0.1) is 11.2 Å². The van der Waals surface area contributed by atoms with E-state index in [0.717, 1.165) is 0 Å². The van der Waals surface area contributed by atoms with E-state index in [4.69, 9.17) is 4.42 Å². The number of pyridine rings is 1. The summed E-state index contributed by atoms with van der Waals surface area (Å²) in [5.41, 5.74) is 0.958. The molecule has 0 aliphatic heterocycles. The van der Waals surface area contributed by atoms with Gasteiger partial charge in [0.1, 0.15) is 10.7 Å². The summed E-state index contributed by atoms with van der Waals surface area (Å²) in [7, 11) is 1.82. The molecule has 1 aromatic carbocycles. The van der Waals surface area contributed by atoms with Gasteiger partial charge in [-0.25, -0.2) is 4.98 Å². The first-order valence-corrected chi connectivity index (χ1v) is 8.77. The van der Waals surface area contributed by atoms with Crippen LogP contribution >= 0.6 is 11.8 Å². The molecule has 0 atom stereocenters. The van der Waals surface area contributed by atoms with Crippen molar-refractivity contribution in [1.82, 2.24) is 19.7 Å². The lowest BCUT2D eigenvalue weighted by molar-refractivity contribution is -0.384. The van der Waals surface area contributed by atoms with Crippen LogP contribution in [-0.4, -0.2) is 24.7 Å². The van der Waals surface area contributed by atoms with E-state index in [1.165, 1.54) is 17.8 Å². The van der Waals surface area contributed by atoms with E-state index in [-0.39, 0.29) is 5.69 Å². The molecule has 3 heterocycles. The van der Waals surface area contributed by atoms with Gasteiger partial charge in [-0.2, -0.15) is 0 Å². The lowest BCUT2D eigenvalue weighted by Gasteiger charge is -2.06. The first-order chi connectivity index (χ1) is 13.1. The fourth-order valence-electron chi connectivity index (χ4n) is 2.56. The maximum Gasteiger partial charge on any atom is 0.295 e. The van der Waals surface area contributed by atoms with Crippen LogP contribution in [0.25, 0.3) is 22.8 Å². The zero-order chi connectivity index (χ0) is 18.8. The van der Waals surface area contributed by atoms with Gasteiger partial charge in [-0.1, -0.05) is 30.3 Å². The van der Waals surface area contributed by atoms with Crippen molar-refractivity contribution in [1.29, 1.82) is 0 Å². The van der Waals surface area contributed by atoms with Crippen LogP contribution in [0, 0.1) is 10.1 Å². The van der Waals surface area contributed by atoms with E-state index in [0.29, 0.717) is 33.0 Å². The second kappa shape index (κ2) is 7.04. The van der Waals surface area contributed by atoms with Crippen LogP contribution in [0.5, 0.6) is 0 Å². The van der Waals surface area contributed by atoms with E-state index in [1.807, 2.05) is 25.2 Å². The number of furan rings is 1. The van der Waals surface area contributed by atoms with Gasteiger partial charge in [0.2, 0.25) is 0 Å². The number of aromatic nitrogens is 4. The van der Waals surface area contributed by atoms with Crippen molar-refractivity contribution in [2.45, 2.75) is 10.2 Å². The topological polar surface area (TPSA) is 99.9 Å². The first kappa shape index (κ1) is 17.0. The van der Waals surface area contributed by atoms with Gasteiger partial charge in [0.15, 0.2) is 16.7 Å². The van der Waals surface area contributed by atoms with Crippen molar-refractivity contribution in [3.8, 4) is 22.8 Å². The highest BCUT2D eigenvalue weighted by Crippen LogP contribution is 2.33. The van der Waals surface area contributed by atoms with E-state index in [1.54, 1.807) is 41.2 Å². The van der Waals surface area contributed by atoms with Crippen molar-refractivity contribution < 1.29 is 9.34 Å². The first-order valence-electron chi connectivity index (χ1n) is 7.95. The molecule has 4 aromatic rings. The molecule has 8 nitrogen and oxygen atoms in total. The maximum atomic E-state index is 11.4. The summed E-state index contributed by atoms with van der Waals surface area (Å²) in [6, 6.07) is 15.7. The number of nitrogens with zero attached hydrogens (tertiary/aromatic N) is 5. The largest absolute Gasteiger partial charge is 0.461 e. The lowest BCUT2D eigenvalue weighted by atomic mass is 10.1. The zero-order valence-electron chi connectivity index (χ0n) is 14.1. The molecule has 0 spiro atoms. The predicted octanol–water partition coefficient (Wildman–Crippen LogP) is 4.20. The van der Waals surface area contributed by atoms with Crippen molar-refractivity contribution in [3.63, 3.8) is 0 Å². The van der Waals surface area contributed by atoms with E-state index in [2.05, 4.69) is 15.2 Å². The molecule has 0 saturated heterocycles. The number of benzene rings is 1. The SMILES string of the molecule is Cn1c(Sc2ccc([N+](=O)[O-])c(-c3ccccc3)n2)nnc1-c1ccco1. The minimum Gasteiger partial charge on any atom is -0.461 e. The smallest absolute Gasteiger partial charge is 0.295 e. The van der Waals surface area contributed by atoms with Crippen molar-refractivity contribution in [2.24, 2.45) is 7.05 Å². The zero-order valence-corrected chi connectivity index (χ0v) is 15.0. The maximum absolute atomic E-state index is 11.4. The van der Waals surface area contributed by atoms with Crippen LogP contribution in [0.3, 0.4) is 0 Å². The van der Waals surface area contributed by atoms with Gasteiger partial charge in [-0.15, -0.1) is 10.2 Å². The molecule has 0 amide bonds. The van der Waals surface area contributed by atoms with Crippen LogP contribution in [0.1, 0.15) is 0 Å². The Morgan fingerprint density at radius 3 is 2.59 bits per heavy atom. The highest BCUT2D eigenvalue weighted by atomic mass is 32.2. The highest BCUT2D eigenvalue weighted by Gasteiger charge is 2.20. The second-order valence-electron chi connectivity index (χ2n) is 5.58. The molecule has 0 radical (unpaired) electrons. The van der Waals surface area contributed by atoms with Crippen LogP contribution < -0.4 is 0 Å². The molecule has 0 bridgehead atoms. The Morgan fingerprint density at radius 1 is 1.07 bits per heavy atom. The average Bonchev–Trinajstić information content (AvgIpc) is 3.33. The molecular formula is C18H13N5O3S. The Kier molecular flexibility index (Phi) is 4.43. The van der Waals surface area contributed by atoms with Gasteiger partial charge < -0.3 is 8.98 Å². The molecule has 0 unspecified atom stereocenters. The molecule has 0 saturated carbocycles. The summed E-state index contributed by atoms with van der Waals surface area (Å²) in [4.78, 5) is 15.4. The number of hydrogen-bond acceptors (Lipinski definition) is 7. The Bertz CT molecular complexity index is 1090. The summed E-state index contributed by atoms with van der Waals surface area (Å²) in [5, 5.41) is 20.9. The quantitative estimate of drug-likeness (QED) is 0.378. The van der Waals surface area contributed by atoms with Gasteiger partial charge in [-0.3, -0.25) is 10.1 Å². The van der Waals surface area contributed by atoms with Gasteiger partial charge in [0, 0.05) is 18.7 Å². The third-order valence-electron chi connectivity index (χ3n) is 3.86. The van der Waals surface area contributed by atoms with Crippen molar-refractivity contribution in [3.05, 3.63) is 71.0 Å². The minimum atomic E-state index is -0.429. The monoisotopic (exact) mass is 379 g/mol. The molecule has 0 N–H and O–H groups in total. The van der Waals surface area contributed by atoms with Gasteiger partial charge >= 0.3 is 0 Å². The molecular weight excluding hydrogens is 366 g/mol. The third kappa shape index (κ3) is 3.32. The molecule has 0 aliphatic rings. The molecule has 27 heavy (non-hydrogen) atoms. The van der Waals surface area contributed by atoms with E-state index >= 15 is 0 Å². The molecule has 134 valence electrons. The fraction of sp³-hybridized carbons (Fsp3) is 0.0556. The van der Waals surface area contributed by atoms with Crippen LogP contribution in [0.15, 0.2) is 75.5 Å². The Morgan fingerprint density at radius 2 is 1.89 bits per heavy atom. The Hall–Kier alpha value is -3.46. The predicted molar refractivity (Wildman–Crippen MR) is 99.2 cm³/mol. The number of rotatable bonds is 5. The Balaban J connectivity index is 1.71. The Labute approximate surface area is 158 Å². The molecule has 3 aromatic heterocycles. The van der Waals surface area contributed by atoms with Crippen LogP contribution in [-0.2, 0) is 7.05 Å². The van der Waals surface area contributed by atoms with E-state index < -0.39 is 4.92 Å². The summed E-state index contributed by atoms with van der Waals surface area (Å²) >= 11 is 1.28. The lowest BCUT2D eigenvalue weighted by Crippen LogP contribution is -1.97. The van der Waals surface area contributed by atoms with Gasteiger partial charge in [-0.05, 0) is 30.0 Å². The van der Waals surface area contributed by atoms with E-state index in [9.17, 15) is 10.1 Å². The van der Waals surface area contributed by atoms with Crippen molar-refractivity contribution in [2.75, 3.05) is 0 Å². The van der Waals surface area contributed by atoms with Crippen LogP contribution in [0.2, 0.25) is 0 Å². The van der Waals surface area contributed by atoms with Gasteiger partial charge in [0.25, 0.3) is 5.69 Å². The molecule has 0 aliphatic carbocycles. The third-order valence-corrected chi connectivity index (χ3v) is 4.84. The summed E-state index contributed by atoms with van der Waals surface area (Å²) in [6.07, 6.45) is 1.57. The standard InChI is InChI=1S/C18H13N5O3S/c1-22-17(14-8-5-11-26-14)20-21-18(22)27-15-10-9-13(23(24)25)16(19-15)12-6-3-2-4-7-12/h2-11H,1H3.